The molecule has 0 bridgehead atoms. The van der Waals surface area contributed by atoms with Crippen LogP contribution in [0.4, 0.5) is 0 Å². The summed E-state index contributed by atoms with van der Waals surface area (Å²) in [6.45, 7) is 3.52. The highest BCUT2D eigenvalue weighted by atomic mass is 35.5. The normalized spacial score (nSPS) is 17.3. The highest BCUT2D eigenvalue weighted by Crippen LogP contribution is 2.44. The maximum atomic E-state index is 13.2. The summed E-state index contributed by atoms with van der Waals surface area (Å²) in [7, 11) is 2.72. The summed E-state index contributed by atoms with van der Waals surface area (Å²) in [5, 5.41) is 17.2. The van der Waals surface area contributed by atoms with Crippen LogP contribution in [-0.2, 0) is 23.8 Å². The van der Waals surface area contributed by atoms with Crippen LogP contribution >= 0.6 is 11.6 Å². The van der Waals surface area contributed by atoms with E-state index in [1.54, 1.807) is 38.1 Å². The zero-order valence-corrected chi connectivity index (χ0v) is 18.2. The zero-order chi connectivity index (χ0) is 22.5. The van der Waals surface area contributed by atoms with Gasteiger partial charge >= 0.3 is 11.9 Å². The van der Waals surface area contributed by atoms with Crippen LogP contribution in [0.3, 0.4) is 0 Å². The molecule has 11 heteroatoms. The van der Waals surface area contributed by atoms with Crippen molar-refractivity contribution in [1.82, 2.24) is 25.9 Å². The fourth-order valence-corrected chi connectivity index (χ4v) is 3.79. The second-order valence-corrected chi connectivity index (χ2v) is 6.97. The number of nitrogens with one attached hydrogen (secondary N) is 2. The van der Waals surface area contributed by atoms with E-state index in [9.17, 15) is 9.59 Å². The third-order valence-electron chi connectivity index (χ3n) is 4.82. The summed E-state index contributed by atoms with van der Waals surface area (Å²) < 4.78 is 16.0. The number of ether oxygens (including phenoxy) is 3. The van der Waals surface area contributed by atoms with Crippen LogP contribution in [0.1, 0.15) is 37.3 Å². The number of tetrazole rings is 1. The molecule has 3 rings (SSSR count). The van der Waals surface area contributed by atoms with Gasteiger partial charge in [0.1, 0.15) is 0 Å². The molecule has 0 fully saturated rings. The molecule has 31 heavy (non-hydrogen) atoms. The average molecular weight is 448 g/mol. The largest absolute Gasteiger partial charge is 0.466 e. The number of aromatic nitrogens is 4. The summed E-state index contributed by atoms with van der Waals surface area (Å²) in [5.41, 5.74) is 1.71. The summed E-state index contributed by atoms with van der Waals surface area (Å²) in [6, 6.07) is 6.95. The van der Waals surface area contributed by atoms with Gasteiger partial charge in [0.15, 0.2) is 11.9 Å². The Hall–Kier alpha value is -3.24. The van der Waals surface area contributed by atoms with Crippen molar-refractivity contribution in [2.45, 2.75) is 25.9 Å². The number of aromatic amines is 1. The van der Waals surface area contributed by atoms with Crippen LogP contribution in [0.5, 0.6) is 0 Å². The van der Waals surface area contributed by atoms with Gasteiger partial charge in [0, 0.05) is 17.8 Å². The highest BCUT2D eigenvalue weighted by Gasteiger charge is 2.42. The Labute approximate surface area is 183 Å². The quantitative estimate of drug-likeness (QED) is 0.613. The summed E-state index contributed by atoms with van der Waals surface area (Å²) in [4.78, 5) is 26.0. The van der Waals surface area contributed by atoms with E-state index >= 15 is 0 Å². The summed E-state index contributed by atoms with van der Waals surface area (Å²) in [6.07, 6.45) is -0.867. The Morgan fingerprint density at radius 1 is 1.19 bits per heavy atom. The van der Waals surface area contributed by atoms with Crippen molar-refractivity contribution < 1.29 is 23.8 Å². The van der Waals surface area contributed by atoms with E-state index < -0.39 is 24.0 Å². The molecule has 0 amide bonds. The predicted octanol–water partition coefficient (Wildman–Crippen LogP) is 2.19. The Balaban J connectivity index is 2.32. The van der Waals surface area contributed by atoms with Crippen molar-refractivity contribution in [3.8, 4) is 0 Å². The lowest BCUT2D eigenvalue weighted by Gasteiger charge is -2.33. The van der Waals surface area contributed by atoms with E-state index in [2.05, 4.69) is 25.9 Å². The zero-order valence-electron chi connectivity index (χ0n) is 17.4. The maximum Gasteiger partial charge on any atom is 0.336 e. The molecule has 0 saturated carbocycles. The molecule has 0 spiro atoms. The van der Waals surface area contributed by atoms with Gasteiger partial charge < -0.3 is 19.5 Å². The maximum absolute atomic E-state index is 13.2. The molecule has 2 N–H and O–H groups in total. The van der Waals surface area contributed by atoms with Gasteiger partial charge in [0.2, 0.25) is 0 Å². The number of halogens is 1. The molecule has 1 aliphatic heterocycles. The van der Waals surface area contributed by atoms with E-state index in [1.807, 2.05) is 0 Å². The number of hydrogen-bond donors (Lipinski definition) is 2. The minimum atomic E-state index is -0.870. The van der Waals surface area contributed by atoms with Crippen LogP contribution in [0.15, 0.2) is 46.8 Å². The van der Waals surface area contributed by atoms with Crippen molar-refractivity contribution in [1.29, 1.82) is 0 Å². The predicted molar refractivity (Wildman–Crippen MR) is 110 cm³/mol. The molecule has 1 aliphatic rings. The number of nitrogens with zero attached hydrogens (tertiary/aromatic N) is 3. The van der Waals surface area contributed by atoms with Crippen LogP contribution in [-0.4, -0.2) is 53.4 Å². The molecule has 2 heterocycles. The lowest BCUT2D eigenvalue weighted by atomic mass is 9.79. The first kappa shape index (κ1) is 22.4. The lowest BCUT2D eigenvalue weighted by Crippen LogP contribution is -2.36. The van der Waals surface area contributed by atoms with Gasteiger partial charge in [-0.3, -0.25) is 0 Å². The smallest absolute Gasteiger partial charge is 0.336 e. The number of esters is 2. The van der Waals surface area contributed by atoms with E-state index in [0.717, 1.165) is 0 Å². The Bertz CT molecular complexity index is 1030. The first-order valence-electron chi connectivity index (χ1n) is 9.42. The minimum absolute atomic E-state index is 0.128. The van der Waals surface area contributed by atoms with Gasteiger partial charge in [-0.1, -0.05) is 29.8 Å². The Morgan fingerprint density at radius 3 is 2.52 bits per heavy atom. The molecule has 1 aromatic carbocycles. The van der Waals surface area contributed by atoms with E-state index in [4.69, 9.17) is 25.8 Å². The SMILES string of the molecule is CCOC(=O)C1=C(C(OC)c2nnn[nH]2)NC(C)=C(C(=O)OC)C1c1ccccc1Cl. The number of allylic oxidation sites excluding steroid dienone is 1. The van der Waals surface area contributed by atoms with Crippen molar-refractivity contribution in [3.05, 3.63) is 63.2 Å². The monoisotopic (exact) mass is 447 g/mol. The lowest BCUT2D eigenvalue weighted by molar-refractivity contribution is -0.139. The van der Waals surface area contributed by atoms with Gasteiger partial charge in [-0.05, 0) is 35.9 Å². The van der Waals surface area contributed by atoms with E-state index in [-0.39, 0.29) is 23.6 Å². The van der Waals surface area contributed by atoms with Gasteiger partial charge in [-0.25, -0.2) is 14.7 Å². The number of carbonyl (C=O) groups is 2. The molecule has 164 valence electrons. The number of H-pyrrole nitrogens is 1. The minimum Gasteiger partial charge on any atom is -0.466 e. The average Bonchev–Trinajstić information content (AvgIpc) is 3.28. The number of rotatable bonds is 7. The van der Waals surface area contributed by atoms with Crippen LogP contribution in [0.2, 0.25) is 5.02 Å². The fourth-order valence-electron chi connectivity index (χ4n) is 3.54. The van der Waals surface area contributed by atoms with Crippen molar-refractivity contribution in [2.24, 2.45) is 0 Å². The number of benzene rings is 1. The third kappa shape index (κ3) is 4.30. The molecular weight excluding hydrogens is 426 g/mol. The van der Waals surface area contributed by atoms with Crippen molar-refractivity contribution >= 4 is 23.5 Å². The number of carbonyl (C=O) groups excluding carboxylic acids is 2. The standard InChI is InChI=1S/C20H22ClN5O5/c1-5-31-20(28)15-14(11-8-6-7-9-12(11)21)13(19(27)30-4)10(2)22-16(15)17(29-3)18-23-25-26-24-18/h6-9,14,17,22H,5H2,1-4H3,(H,23,24,25,26). The highest BCUT2D eigenvalue weighted by molar-refractivity contribution is 6.31. The third-order valence-corrected chi connectivity index (χ3v) is 5.16. The Morgan fingerprint density at radius 2 is 1.94 bits per heavy atom. The van der Waals surface area contributed by atoms with Gasteiger partial charge in [0.25, 0.3) is 0 Å². The van der Waals surface area contributed by atoms with Crippen molar-refractivity contribution in [3.63, 3.8) is 0 Å². The second-order valence-electron chi connectivity index (χ2n) is 6.56. The van der Waals surface area contributed by atoms with Gasteiger partial charge in [-0.2, -0.15) is 0 Å². The first-order chi connectivity index (χ1) is 14.9. The molecule has 2 aromatic rings. The van der Waals surface area contributed by atoms with Crippen LogP contribution in [0, 0.1) is 0 Å². The molecule has 2 atom stereocenters. The van der Waals surface area contributed by atoms with Crippen LogP contribution in [0.25, 0.3) is 0 Å². The van der Waals surface area contributed by atoms with Crippen LogP contribution < -0.4 is 5.32 Å². The second kappa shape index (κ2) is 9.71. The van der Waals surface area contributed by atoms with E-state index in [0.29, 0.717) is 22.0 Å². The van der Waals surface area contributed by atoms with Gasteiger partial charge in [0.05, 0.1) is 36.5 Å². The number of hydrogen-bond acceptors (Lipinski definition) is 9. The Kier molecular flexibility index (Phi) is 7.03. The molecule has 0 aliphatic carbocycles. The number of dihydropyridines is 1. The summed E-state index contributed by atoms with van der Waals surface area (Å²) >= 11 is 6.49. The molecule has 2 unspecified atom stereocenters. The molecule has 10 nitrogen and oxygen atoms in total. The first-order valence-corrected chi connectivity index (χ1v) is 9.80. The van der Waals surface area contributed by atoms with E-state index in [1.165, 1.54) is 14.2 Å². The molecule has 0 saturated heterocycles. The fraction of sp³-hybridized carbons (Fsp3) is 0.350. The summed E-state index contributed by atoms with van der Waals surface area (Å²) in [5.74, 6) is -1.85. The molecule has 1 aromatic heterocycles. The van der Waals surface area contributed by atoms with Gasteiger partial charge in [-0.15, -0.1) is 5.10 Å². The topological polar surface area (TPSA) is 128 Å². The van der Waals surface area contributed by atoms with Crippen molar-refractivity contribution in [2.75, 3.05) is 20.8 Å². The molecular formula is C20H22ClN5O5. The number of methoxy groups -OCH3 is 2. The molecule has 0 radical (unpaired) electrons.